The summed E-state index contributed by atoms with van der Waals surface area (Å²) in [5.74, 6) is 2.00. The number of terminal acetylenes is 1. The molecule has 0 aromatic carbocycles. The van der Waals surface area contributed by atoms with Gasteiger partial charge in [-0.3, -0.25) is 32.7 Å². The Morgan fingerprint density at radius 1 is 1.41 bits per heavy atom. The van der Waals surface area contributed by atoms with E-state index in [0.29, 0.717) is 0 Å². The SMILES string of the molecule is C#C[C@]1(C)[C@@H]2OP(=O)(OCC(C)CC(=O)OC3CCCC3)OC[C@H]2O[C@H]1n1ccc(=O)[nH]c1=O. The zero-order valence-corrected chi connectivity index (χ0v) is 20.0. The lowest BCUT2D eigenvalue weighted by Crippen LogP contribution is -2.43. The lowest BCUT2D eigenvalue weighted by atomic mass is 9.83. The number of nitrogens with zero attached hydrogens (tertiary/aromatic N) is 1. The van der Waals surface area contributed by atoms with E-state index in [0.717, 1.165) is 30.3 Å². The summed E-state index contributed by atoms with van der Waals surface area (Å²) >= 11 is 0. The number of esters is 1. The quantitative estimate of drug-likeness (QED) is 0.342. The smallest absolute Gasteiger partial charge is 0.462 e. The van der Waals surface area contributed by atoms with Crippen molar-refractivity contribution in [2.75, 3.05) is 13.2 Å². The van der Waals surface area contributed by atoms with Crippen LogP contribution in [0.3, 0.4) is 0 Å². The van der Waals surface area contributed by atoms with Crippen LogP contribution < -0.4 is 11.2 Å². The highest BCUT2D eigenvalue weighted by molar-refractivity contribution is 7.48. The molecule has 1 saturated carbocycles. The van der Waals surface area contributed by atoms with Crippen LogP contribution >= 0.6 is 7.82 Å². The van der Waals surface area contributed by atoms with Gasteiger partial charge in [-0.05, 0) is 38.5 Å². The Bertz CT molecular complexity index is 1120. The maximum Gasteiger partial charge on any atom is 0.475 e. The van der Waals surface area contributed by atoms with Crippen LogP contribution in [0.25, 0.3) is 0 Å². The van der Waals surface area contributed by atoms with Crippen molar-refractivity contribution < 1.29 is 32.4 Å². The summed E-state index contributed by atoms with van der Waals surface area (Å²) in [5.41, 5.74) is -2.47. The molecular formula is C22H29N2O9P. The molecule has 0 spiro atoms. The molecular weight excluding hydrogens is 467 g/mol. The predicted molar refractivity (Wildman–Crippen MR) is 119 cm³/mol. The molecule has 1 N–H and O–H groups in total. The number of H-pyrrole nitrogens is 1. The van der Waals surface area contributed by atoms with Crippen LogP contribution in [0.2, 0.25) is 0 Å². The van der Waals surface area contributed by atoms with Gasteiger partial charge in [-0.1, -0.05) is 12.8 Å². The zero-order chi connectivity index (χ0) is 24.5. The van der Waals surface area contributed by atoms with Gasteiger partial charge in [0, 0.05) is 12.3 Å². The van der Waals surface area contributed by atoms with Crippen LogP contribution in [0.1, 0.15) is 52.2 Å². The standard InChI is InChI=1S/C22H29N2O9P/c1-4-22(3)19-16(32-20(22)24-10-9-17(25)23-21(24)27)13-30-34(28,33-19)29-12-14(2)11-18(26)31-15-7-5-6-8-15/h1,9-10,14-16,19-20H,5-8,11-13H2,2-3H3,(H,23,25,27)/t14?,16-,19-,20-,22-,34?/m1/s1. The molecule has 2 aliphatic heterocycles. The van der Waals surface area contributed by atoms with E-state index in [1.807, 2.05) is 0 Å². The Morgan fingerprint density at radius 2 is 2.15 bits per heavy atom. The number of aromatic nitrogens is 2. The second-order valence-corrected chi connectivity index (χ2v) is 10.9. The molecule has 4 rings (SSSR count). The molecule has 186 valence electrons. The first-order valence-electron chi connectivity index (χ1n) is 11.4. The maximum absolute atomic E-state index is 13.2. The number of carbonyl (C=O) groups is 1. The molecule has 34 heavy (non-hydrogen) atoms. The van der Waals surface area contributed by atoms with Crippen molar-refractivity contribution >= 4 is 13.8 Å². The topological polar surface area (TPSA) is 135 Å². The molecule has 0 amide bonds. The summed E-state index contributed by atoms with van der Waals surface area (Å²) in [6, 6.07) is 1.17. The Hall–Kier alpha value is -2.22. The number of nitrogens with one attached hydrogen (secondary N) is 1. The summed E-state index contributed by atoms with van der Waals surface area (Å²) in [5, 5.41) is 0. The van der Waals surface area contributed by atoms with Crippen LogP contribution in [0.15, 0.2) is 21.9 Å². The molecule has 6 atom stereocenters. The van der Waals surface area contributed by atoms with Crippen molar-refractivity contribution in [2.45, 2.75) is 70.5 Å². The number of carbonyl (C=O) groups excluding carboxylic acids is 1. The van der Waals surface area contributed by atoms with Gasteiger partial charge in [-0.25, -0.2) is 9.36 Å². The van der Waals surface area contributed by atoms with Crippen LogP contribution in [0.5, 0.6) is 0 Å². The lowest BCUT2D eigenvalue weighted by molar-refractivity contribution is -0.150. The fourth-order valence-electron chi connectivity index (χ4n) is 4.53. The minimum absolute atomic E-state index is 0.0207. The number of hydrogen-bond acceptors (Lipinski definition) is 9. The molecule has 3 fully saturated rings. The summed E-state index contributed by atoms with van der Waals surface area (Å²) in [7, 11) is -4.01. The summed E-state index contributed by atoms with van der Waals surface area (Å²) < 4.78 is 42.3. The zero-order valence-electron chi connectivity index (χ0n) is 19.1. The first kappa shape index (κ1) is 24.9. The second kappa shape index (κ2) is 9.80. The maximum atomic E-state index is 13.2. The first-order valence-corrected chi connectivity index (χ1v) is 12.8. The highest BCUT2D eigenvalue weighted by atomic mass is 31.2. The van der Waals surface area contributed by atoms with Crippen molar-refractivity contribution in [3.05, 3.63) is 33.1 Å². The van der Waals surface area contributed by atoms with E-state index in [9.17, 15) is 18.9 Å². The van der Waals surface area contributed by atoms with Gasteiger partial charge in [0.15, 0.2) is 6.23 Å². The van der Waals surface area contributed by atoms with E-state index in [4.69, 9.17) is 29.5 Å². The Morgan fingerprint density at radius 3 is 2.82 bits per heavy atom. The second-order valence-electron chi connectivity index (χ2n) is 9.24. The Kier molecular flexibility index (Phi) is 7.17. The van der Waals surface area contributed by atoms with Crippen molar-refractivity contribution in [1.82, 2.24) is 9.55 Å². The van der Waals surface area contributed by atoms with Gasteiger partial charge in [0.25, 0.3) is 5.56 Å². The van der Waals surface area contributed by atoms with E-state index in [-0.39, 0.29) is 37.6 Å². The third-order valence-electron chi connectivity index (χ3n) is 6.43. The molecule has 0 radical (unpaired) electrons. The van der Waals surface area contributed by atoms with Gasteiger partial charge in [-0.15, -0.1) is 6.42 Å². The number of fused-ring (bicyclic) bond motifs is 1. The van der Waals surface area contributed by atoms with Crippen molar-refractivity contribution in [3.8, 4) is 12.3 Å². The van der Waals surface area contributed by atoms with E-state index < -0.39 is 42.9 Å². The van der Waals surface area contributed by atoms with Gasteiger partial charge >= 0.3 is 19.5 Å². The van der Waals surface area contributed by atoms with E-state index in [2.05, 4.69) is 10.9 Å². The van der Waals surface area contributed by atoms with E-state index in [1.54, 1.807) is 13.8 Å². The molecule has 1 aliphatic carbocycles. The molecule has 1 aromatic rings. The predicted octanol–water partition coefficient (Wildman–Crippen LogP) is 2.13. The summed E-state index contributed by atoms with van der Waals surface area (Å²) in [6.45, 7) is 3.23. The van der Waals surface area contributed by atoms with Crippen LogP contribution in [-0.2, 0) is 32.4 Å². The fraction of sp³-hybridized carbons (Fsp3) is 0.682. The molecule has 12 heteroatoms. The number of ether oxygens (including phenoxy) is 2. The van der Waals surface area contributed by atoms with Crippen molar-refractivity contribution in [1.29, 1.82) is 0 Å². The van der Waals surface area contributed by atoms with Gasteiger partial charge in [0.1, 0.15) is 23.7 Å². The number of hydrogen-bond donors (Lipinski definition) is 1. The third-order valence-corrected chi connectivity index (χ3v) is 7.85. The average Bonchev–Trinajstić information content (AvgIpc) is 3.39. The van der Waals surface area contributed by atoms with Crippen LogP contribution in [0.4, 0.5) is 0 Å². The number of phosphoric ester groups is 1. The minimum Gasteiger partial charge on any atom is -0.462 e. The monoisotopic (exact) mass is 496 g/mol. The molecule has 2 unspecified atom stereocenters. The van der Waals surface area contributed by atoms with Gasteiger partial charge in [0.2, 0.25) is 0 Å². The Balaban J connectivity index is 1.39. The number of phosphoric acid groups is 1. The van der Waals surface area contributed by atoms with Crippen molar-refractivity contribution in [2.24, 2.45) is 11.3 Å². The van der Waals surface area contributed by atoms with Gasteiger partial charge in [-0.2, -0.15) is 0 Å². The van der Waals surface area contributed by atoms with E-state index >= 15 is 0 Å². The summed E-state index contributed by atoms with van der Waals surface area (Å²) in [6.07, 6.45) is 8.47. The van der Waals surface area contributed by atoms with E-state index in [1.165, 1.54) is 12.3 Å². The fourth-order valence-corrected chi connectivity index (χ4v) is 6.13. The largest absolute Gasteiger partial charge is 0.475 e. The van der Waals surface area contributed by atoms with Crippen LogP contribution in [-0.4, -0.2) is 47.0 Å². The van der Waals surface area contributed by atoms with Crippen molar-refractivity contribution in [3.63, 3.8) is 0 Å². The van der Waals surface area contributed by atoms with Crippen LogP contribution in [0, 0.1) is 23.7 Å². The highest BCUT2D eigenvalue weighted by Crippen LogP contribution is 2.60. The third kappa shape index (κ3) is 5.07. The normalized spacial score (nSPS) is 34.3. The molecule has 3 aliphatic rings. The number of rotatable bonds is 7. The highest BCUT2D eigenvalue weighted by Gasteiger charge is 2.60. The number of aromatic amines is 1. The molecule has 11 nitrogen and oxygen atoms in total. The lowest BCUT2D eigenvalue weighted by Gasteiger charge is -2.35. The molecule has 3 heterocycles. The first-order chi connectivity index (χ1) is 16.1. The molecule has 0 bridgehead atoms. The summed E-state index contributed by atoms with van der Waals surface area (Å²) in [4.78, 5) is 38.0. The van der Waals surface area contributed by atoms with Gasteiger partial charge in [0.05, 0.1) is 19.6 Å². The average molecular weight is 496 g/mol. The Labute approximate surface area is 196 Å². The minimum atomic E-state index is -4.01. The van der Waals surface area contributed by atoms with Gasteiger partial charge < -0.3 is 9.47 Å². The molecule has 1 aromatic heterocycles. The molecule has 2 saturated heterocycles.